The predicted octanol–water partition coefficient (Wildman–Crippen LogP) is 3.02. The third kappa shape index (κ3) is 4.03. The zero-order chi connectivity index (χ0) is 13.8. The Morgan fingerprint density at radius 1 is 1.32 bits per heavy atom. The van der Waals surface area contributed by atoms with Crippen molar-refractivity contribution in [2.24, 2.45) is 0 Å². The van der Waals surface area contributed by atoms with Crippen molar-refractivity contribution in [2.45, 2.75) is 32.5 Å². The second-order valence-electron chi connectivity index (χ2n) is 5.17. The van der Waals surface area contributed by atoms with Crippen LogP contribution in [-0.2, 0) is 4.74 Å². The molecule has 0 N–H and O–H groups in total. The number of hydrogen-bond donors (Lipinski definition) is 0. The summed E-state index contributed by atoms with van der Waals surface area (Å²) >= 11 is 6.03. The van der Waals surface area contributed by atoms with Gasteiger partial charge in [-0.2, -0.15) is 0 Å². The smallest absolute Gasteiger partial charge is 0.165 e. The lowest BCUT2D eigenvalue weighted by Crippen LogP contribution is -2.46. The molecule has 0 saturated carbocycles. The van der Waals surface area contributed by atoms with Crippen molar-refractivity contribution in [2.75, 3.05) is 19.6 Å². The van der Waals surface area contributed by atoms with Crippen molar-refractivity contribution >= 4 is 17.4 Å². The van der Waals surface area contributed by atoms with Crippen LogP contribution in [0.1, 0.15) is 30.6 Å². The topological polar surface area (TPSA) is 29.5 Å². The third-order valence-electron chi connectivity index (χ3n) is 3.32. The monoisotopic (exact) mass is 281 g/mol. The quantitative estimate of drug-likeness (QED) is 0.795. The summed E-state index contributed by atoms with van der Waals surface area (Å²) in [6.45, 7) is 6.68. The second-order valence-corrected chi connectivity index (χ2v) is 5.58. The number of carbonyl (C=O) groups excluding carboxylic acids is 1. The van der Waals surface area contributed by atoms with E-state index in [1.165, 1.54) is 0 Å². The molecule has 1 aromatic carbocycles. The molecule has 1 aliphatic rings. The van der Waals surface area contributed by atoms with Crippen LogP contribution in [0.25, 0.3) is 0 Å². The summed E-state index contributed by atoms with van der Waals surface area (Å²) in [5.74, 6) is 0.109. The van der Waals surface area contributed by atoms with E-state index >= 15 is 0 Å². The van der Waals surface area contributed by atoms with Crippen molar-refractivity contribution in [1.82, 2.24) is 4.90 Å². The molecule has 0 radical (unpaired) electrons. The van der Waals surface area contributed by atoms with Gasteiger partial charge in [-0.15, -0.1) is 0 Å². The molecule has 1 aromatic rings. The summed E-state index contributed by atoms with van der Waals surface area (Å²) in [6.07, 6.45) is 0.974. The molecule has 0 unspecified atom stereocenters. The molecule has 0 amide bonds. The summed E-state index contributed by atoms with van der Waals surface area (Å²) in [5, 5.41) is 0.538. The van der Waals surface area contributed by atoms with Gasteiger partial charge in [-0.25, -0.2) is 0 Å². The summed E-state index contributed by atoms with van der Waals surface area (Å²) in [6, 6.07) is 7.23. The molecule has 2 atom stereocenters. The molecule has 4 heteroatoms. The first-order valence-corrected chi connectivity index (χ1v) is 7.09. The molecule has 0 spiro atoms. The van der Waals surface area contributed by atoms with Crippen LogP contribution in [0, 0.1) is 0 Å². The number of nitrogens with zero attached hydrogens (tertiary/aromatic N) is 1. The van der Waals surface area contributed by atoms with Gasteiger partial charge in [-0.05, 0) is 26.0 Å². The molecule has 0 bridgehead atoms. The highest BCUT2D eigenvalue weighted by Crippen LogP contribution is 2.17. The largest absolute Gasteiger partial charge is 0.373 e. The number of Topliss-reactive ketones (excluding diaryl/α,β-unsaturated/α-hetero) is 1. The number of ketones is 1. The van der Waals surface area contributed by atoms with E-state index in [1.54, 1.807) is 12.1 Å². The summed E-state index contributed by atoms with van der Waals surface area (Å²) in [5.41, 5.74) is 0.624. The average Bonchev–Trinajstić information content (AvgIpc) is 2.35. The minimum Gasteiger partial charge on any atom is -0.373 e. The van der Waals surface area contributed by atoms with Gasteiger partial charge in [0.2, 0.25) is 0 Å². The molecule has 0 aliphatic carbocycles. The highest BCUT2D eigenvalue weighted by atomic mass is 35.5. The number of rotatable bonds is 4. The Bertz CT molecular complexity index is 440. The van der Waals surface area contributed by atoms with Crippen molar-refractivity contribution in [3.63, 3.8) is 0 Å². The lowest BCUT2D eigenvalue weighted by Gasteiger charge is -2.35. The van der Waals surface area contributed by atoms with Gasteiger partial charge in [0, 0.05) is 31.6 Å². The molecule has 2 rings (SSSR count). The maximum Gasteiger partial charge on any atom is 0.165 e. The van der Waals surface area contributed by atoms with E-state index in [0.29, 0.717) is 17.0 Å². The molecule has 19 heavy (non-hydrogen) atoms. The van der Waals surface area contributed by atoms with E-state index in [2.05, 4.69) is 18.7 Å². The SMILES string of the molecule is C[C@@H]1CN(CCC(=O)c2ccccc2Cl)C[C@H](C)O1. The number of halogens is 1. The number of morpholine rings is 1. The van der Waals surface area contributed by atoms with Gasteiger partial charge in [-0.1, -0.05) is 23.7 Å². The fourth-order valence-corrected chi connectivity index (χ4v) is 2.79. The van der Waals surface area contributed by atoms with Gasteiger partial charge in [0.15, 0.2) is 5.78 Å². The van der Waals surface area contributed by atoms with Gasteiger partial charge in [-0.3, -0.25) is 9.69 Å². The zero-order valence-corrected chi connectivity index (χ0v) is 12.2. The van der Waals surface area contributed by atoms with Crippen LogP contribution in [0.3, 0.4) is 0 Å². The van der Waals surface area contributed by atoms with Crippen LogP contribution in [-0.4, -0.2) is 42.5 Å². The van der Waals surface area contributed by atoms with Crippen molar-refractivity contribution in [1.29, 1.82) is 0 Å². The van der Waals surface area contributed by atoms with Crippen LogP contribution in [0.15, 0.2) is 24.3 Å². The molecule has 104 valence electrons. The Labute approximate surface area is 119 Å². The van der Waals surface area contributed by atoms with Gasteiger partial charge >= 0.3 is 0 Å². The predicted molar refractivity (Wildman–Crippen MR) is 76.8 cm³/mol. The van der Waals surface area contributed by atoms with E-state index in [-0.39, 0.29) is 18.0 Å². The Hall–Kier alpha value is -0.900. The van der Waals surface area contributed by atoms with Crippen LogP contribution >= 0.6 is 11.6 Å². The average molecular weight is 282 g/mol. The highest BCUT2D eigenvalue weighted by molar-refractivity contribution is 6.33. The van der Waals surface area contributed by atoms with Crippen LogP contribution < -0.4 is 0 Å². The van der Waals surface area contributed by atoms with E-state index < -0.39 is 0 Å². The van der Waals surface area contributed by atoms with E-state index in [1.807, 2.05) is 12.1 Å². The van der Waals surface area contributed by atoms with Gasteiger partial charge in [0.25, 0.3) is 0 Å². The first kappa shape index (κ1) is 14.5. The minimum absolute atomic E-state index is 0.109. The number of carbonyl (C=O) groups is 1. The van der Waals surface area contributed by atoms with Crippen LogP contribution in [0.5, 0.6) is 0 Å². The molecule has 1 heterocycles. The maximum atomic E-state index is 12.1. The highest BCUT2D eigenvalue weighted by Gasteiger charge is 2.22. The lowest BCUT2D eigenvalue weighted by atomic mass is 10.1. The third-order valence-corrected chi connectivity index (χ3v) is 3.65. The zero-order valence-electron chi connectivity index (χ0n) is 11.4. The normalized spacial score (nSPS) is 24.4. The Morgan fingerprint density at radius 3 is 2.58 bits per heavy atom. The van der Waals surface area contributed by atoms with E-state index in [0.717, 1.165) is 19.6 Å². The number of benzene rings is 1. The standard InChI is InChI=1S/C15H20ClNO2/c1-11-9-17(10-12(2)19-11)8-7-15(18)13-5-3-4-6-14(13)16/h3-6,11-12H,7-10H2,1-2H3/t11-,12+. The van der Waals surface area contributed by atoms with E-state index in [9.17, 15) is 4.79 Å². The number of ether oxygens (including phenoxy) is 1. The minimum atomic E-state index is 0.109. The molecular formula is C15H20ClNO2. The summed E-state index contributed by atoms with van der Waals surface area (Å²) in [4.78, 5) is 14.4. The molecule has 1 saturated heterocycles. The molecule has 3 nitrogen and oxygen atoms in total. The Balaban J connectivity index is 1.89. The lowest BCUT2D eigenvalue weighted by molar-refractivity contribution is -0.0675. The van der Waals surface area contributed by atoms with Crippen LogP contribution in [0.2, 0.25) is 5.02 Å². The molecular weight excluding hydrogens is 262 g/mol. The van der Waals surface area contributed by atoms with Crippen LogP contribution in [0.4, 0.5) is 0 Å². The van der Waals surface area contributed by atoms with Gasteiger partial charge in [0.05, 0.1) is 17.2 Å². The molecule has 1 aliphatic heterocycles. The fourth-order valence-electron chi connectivity index (χ4n) is 2.55. The molecule has 1 fully saturated rings. The molecule has 0 aromatic heterocycles. The second kappa shape index (κ2) is 6.51. The summed E-state index contributed by atoms with van der Waals surface area (Å²) in [7, 11) is 0. The van der Waals surface area contributed by atoms with Crippen molar-refractivity contribution in [3.05, 3.63) is 34.9 Å². The fraction of sp³-hybridized carbons (Fsp3) is 0.533. The van der Waals surface area contributed by atoms with Crippen molar-refractivity contribution in [3.8, 4) is 0 Å². The first-order valence-electron chi connectivity index (χ1n) is 6.72. The number of hydrogen-bond acceptors (Lipinski definition) is 3. The summed E-state index contributed by atoms with van der Waals surface area (Å²) < 4.78 is 5.68. The van der Waals surface area contributed by atoms with E-state index in [4.69, 9.17) is 16.3 Å². The van der Waals surface area contributed by atoms with Gasteiger partial charge < -0.3 is 4.74 Å². The first-order chi connectivity index (χ1) is 9.06. The van der Waals surface area contributed by atoms with Crippen molar-refractivity contribution < 1.29 is 9.53 Å². The maximum absolute atomic E-state index is 12.1. The Kier molecular flexibility index (Phi) is 4.97. The Morgan fingerprint density at radius 2 is 1.95 bits per heavy atom. The van der Waals surface area contributed by atoms with Gasteiger partial charge in [0.1, 0.15) is 0 Å².